The number of anilines is 1. The highest BCUT2D eigenvalue weighted by atomic mass is 79.9. The summed E-state index contributed by atoms with van der Waals surface area (Å²) in [4.78, 5) is 0. The van der Waals surface area contributed by atoms with Crippen LogP contribution in [0.5, 0.6) is 0 Å². The fraction of sp³-hybridized carbons (Fsp3) is 0.133. The van der Waals surface area contributed by atoms with Gasteiger partial charge in [-0.3, -0.25) is 4.72 Å². The van der Waals surface area contributed by atoms with Crippen molar-refractivity contribution >= 4 is 31.6 Å². The van der Waals surface area contributed by atoms with E-state index in [0.29, 0.717) is 11.6 Å². The van der Waals surface area contributed by atoms with Crippen molar-refractivity contribution < 1.29 is 21.6 Å². The molecule has 0 saturated heterocycles. The molecule has 0 unspecified atom stereocenters. The SMILES string of the molecule is N#Cc1ccc(NS(=O)(=O)Cc2ccc(Br)cc2)cc1C(F)(F)F. The Hall–Kier alpha value is -2.05. The summed E-state index contributed by atoms with van der Waals surface area (Å²) in [5.74, 6) is -0.387. The maximum absolute atomic E-state index is 12.9. The van der Waals surface area contributed by atoms with E-state index in [1.807, 2.05) is 0 Å². The quantitative estimate of drug-likeness (QED) is 0.805. The number of benzene rings is 2. The molecule has 0 amide bonds. The van der Waals surface area contributed by atoms with Crippen LogP contribution in [0.2, 0.25) is 0 Å². The smallest absolute Gasteiger partial charge is 0.283 e. The molecule has 0 heterocycles. The molecule has 2 aromatic rings. The third-order valence-electron chi connectivity index (χ3n) is 2.99. The zero-order valence-electron chi connectivity index (χ0n) is 11.9. The van der Waals surface area contributed by atoms with E-state index in [2.05, 4.69) is 20.7 Å². The van der Waals surface area contributed by atoms with E-state index in [1.54, 1.807) is 24.3 Å². The Kier molecular flexibility index (Phi) is 5.20. The van der Waals surface area contributed by atoms with Crippen molar-refractivity contribution in [1.29, 1.82) is 5.26 Å². The second-order valence-electron chi connectivity index (χ2n) is 4.86. The minimum atomic E-state index is -4.75. The van der Waals surface area contributed by atoms with Crippen LogP contribution in [0, 0.1) is 11.3 Å². The molecule has 0 aliphatic heterocycles. The molecule has 0 spiro atoms. The molecule has 2 rings (SSSR count). The molecule has 126 valence electrons. The molecule has 2 aromatic carbocycles. The van der Waals surface area contributed by atoms with E-state index in [9.17, 15) is 21.6 Å². The summed E-state index contributed by atoms with van der Waals surface area (Å²) in [6.45, 7) is 0. The lowest BCUT2D eigenvalue weighted by Gasteiger charge is -2.12. The van der Waals surface area contributed by atoms with Crippen LogP contribution in [0.25, 0.3) is 0 Å². The maximum atomic E-state index is 12.9. The van der Waals surface area contributed by atoms with Gasteiger partial charge in [0, 0.05) is 10.2 Å². The molecule has 4 nitrogen and oxygen atoms in total. The summed E-state index contributed by atoms with van der Waals surface area (Å²) in [7, 11) is -3.90. The summed E-state index contributed by atoms with van der Waals surface area (Å²) >= 11 is 3.22. The van der Waals surface area contributed by atoms with Crippen LogP contribution in [-0.2, 0) is 22.0 Å². The summed E-state index contributed by atoms with van der Waals surface area (Å²) in [5.41, 5.74) is -1.53. The number of rotatable bonds is 4. The first-order valence-corrected chi connectivity index (χ1v) is 8.91. The first-order valence-electron chi connectivity index (χ1n) is 6.47. The Bertz CT molecular complexity index is 888. The third kappa shape index (κ3) is 4.72. The van der Waals surface area contributed by atoms with Gasteiger partial charge in [-0.2, -0.15) is 18.4 Å². The van der Waals surface area contributed by atoms with Gasteiger partial charge in [0.2, 0.25) is 10.0 Å². The van der Waals surface area contributed by atoms with Crippen LogP contribution in [-0.4, -0.2) is 8.42 Å². The third-order valence-corrected chi connectivity index (χ3v) is 4.78. The number of hydrogen-bond acceptors (Lipinski definition) is 3. The largest absolute Gasteiger partial charge is 0.417 e. The summed E-state index contributed by atoms with van der Waals surface area (Å²) in [5, 5.41) is 8.73. The lowest BCUT2D eigenvalue weighted by molar-refractivity contribution is -0.137. The van der Waals surface area contributed by atoms with Crippen molar-refractivity contribution in [3.8, 4) is 6.07 Å². The van der Waals surface area contributed by atoms with Crippen LogP contribution in [0.1, 0.15) is 16.7 Å². The molecule has 9 heteroatoms. The fourth-order valence-electron chi connectivity index (χ4n) is 1.96. The molecule has 0 aliphatic rings. The molecule has 24 heavy (non-hydrogen) atoms. The number of nitriles is 1. The van der Waals surface area contributed by atoms with Crippen molar-refractivity contribution in [3.05, 3.63) is 63.6 Å². The van der Waals surface area contributed by atoms with Gasteiger partial charge in [0.15, 0.2) is 0 Å². The predicted octanol–water partition coefficient (Wildman–Crippen LogP) is 4.28. The number of sulfonamides is 1. The Morgan fingerprint density at radius 2 is 1.75 bits per heavy atom. The van der Waals surface area contributed by atoms with Crippen LogP contribution >= 0.6 is 15.9 Å². The van der Waals surface area contributed by atoms with E-state index >= 15 is 0 Å². The van der Waals surface area contributed by atoms with Gasteiger partial charge in [-0.1, -0.05) is 28.1 Å². The topological polar surface area (TPSA) is 70.0 Å². The van der Waals surface area contributed by atoms with Crippen LogP contribution < -0.4 is 4.72 Å². The number of hydrogen-bond donors (Lipinski definition) is 1. The average molecular weight is 419 g/mol. The highest BCUT2D eigenvalue weighted by Gasteiger charge is 2.34. The lowest BCUT2D eigenvalue weighted by Crippen LogP contribution is -2.16. The van der Waals surface area contributed by atoms with E-state index < -0.39 is 27.3 Å². The second kappa shape index (κ2) is 6.83. The predicted molar refractivity (Wildman–Crippen MR) is 86.5 cm³/mol. The van der Waals surface area contributed by atoms with E-state index in [-0.39, 0.29) is 11.4 Å². The molecule has 0 fully saturated rings. The fourth-order valence-corrected chi connectivity index (χ4v) is 3.41. The normalized spacial score (nSPS) is 11.8. The first kappa shape index (κ1) is 18.3. The molecule has 1 N–H and O–H groups in total. The molecular formula is C15H10BrF3N2O2S. The highest BCUT2D eigenvalue weighted by Crippen LogP contribution is 2.33. The summed E-state index contributed by atoms with van der Waals surface area (Å²) < 4.78 is 65.8. The second-order valence-corrected chi connectivity index (χ2v) is 7.50. The standard InChI is InChI=1S/C15H10BrF3N2O2S/c16-12-4-1-10(2-5-12)9-24(22,23)21-13-6-3-11(8-20)14(7-13)15(17,18)19/h1-7,21H,9H2. The Morgan fingerprint density at radius 1 is 1.12 bits per heavy atom. The van der Waals surface area contributed by atoms with Gasteiger partial charge in [-0.05, 0) is 35.9 Å². The number of halogens is 4. The number of nitrogens with one attached hydrogen (secondary N) is 1. The Balaban J connectivity index is 2.27. The van der Waals surface area contributed by atoms with Gasteiger partial charge in [0.05, 0.1) is 22.9 Å². The molecule has 0 saturated carbocycles. The minimum Gasteiger partial charge on any atom is -0.283 e. The van der Waals surface area contributed by atoms with Crippen molar-refractivity contribution in [2.45, 2.75) is 11.9 Å². The Labute approximate surface area is 145 Å². The van der Waals surface area contributed by atoms with Gasteiger partial charge < -0.3 is 0 Å². The van der Waals surface area contributed by atoms with Crippen LogP contribution in [0.15, 0.2) is 46.9 Å². The first-order chi connectivity index (χ1) is 11.1. The highest BCUT2D eigenvalue weighted by molar-refractivity contribution is 9.10. The van der Waals surface area contributed by atoms with E-state index in [0.717, 1.165) is 16.6 Å². The van der Waals surface area contributed by atoms with Gasteiger partial charge in [0.25, 0.3) is 0 Å². The molecule has 0 aliphatic carbocycles. The van der Waals surface area contributed by atoms with E-state index in [4.69, 9.17) is 5.26 Å². The zero-order valence-corrected chi connectivity index (χ0v) is 14.3. The van der Waals surface area contributed by atoms with Crippen molar-refractivity contribution in [3.63, 3.8) is 0 Å². The zero-order chi connectivity index (χ0) is 18.0. The lowest BCUT2D eigenvalue weighted by atomic mass is 10.1. The van der Waals surface area contributed by atoms with E-state index in [1.165, 1.54) is 6.07 Å². The summed E-state index contributed by atoms with van der Waals surface area (Å²) in [6.07, 6.45) is -4.75. The molecular weight excluding hydrogens is 409 g/mol. The van der Waals surface area contributed by atoms with Crippen molar-refractivity contribution in [1.82, 2.24) is 0 Å². The number of alkyl halides is 3. The van der Waals surface area contributed by atoms with Crippen molar-refractivity contribution in [2.24, 2.45) is 0 Å². The summed E-state index contributed by atoms with van der Waals surface area (Å²) in [6, 6.07) is 10.6. The van der Waals surface area contributed by atoms with Gasteiger partial charge in [-0.15, -0.1) is 0 Å². The van der Waals surface area contributed by atoms with Gasteiger partial charge in [0.1, 0.15) is 0 Å². The van der Waals surface area contributed by atoms with Gasteiger partial charge >= 0.3 is 6.18 Å². The van der Waals surface area contributed by atoms with Gasteiger partial charge in [-0.25, -0.2) is 8.42 Å². The average Bonchev–Trinajstić information content (AvgIpc) is 2.48. The monoisotopic (exact) mass is 418 g/mol. The maximum Gasteiger partial charge on any atom is 0.417 e. The van der Waals surface area contributed by atoms with Crippen LogP contribution in [0.3, 0.4) is 0 Å². The number of nitrogens with zero attached hydrogens (tertiary/aromatic N) is 1. The molecule has 0 radical (unpaired) electrons. The molecule has 0 bridgehead atoms. The van der Waals surface area contributed by atoms with Crippen LogP contribution in [0.4, 0.5) is 18.9 Å². The Morgan fingerprint density at radius 3 is 2.29 bits per heavy atom. The molecule has 0 atom stereocenters. The molecule has 0 aromatic heterocycles. The minimum absolute atomic E-state index is 0.251. The van der Waals surface area contributed by atoms with Crippen molar-refractivity contribution in [2.75, 3.05) is 4.72 Å².